The van der Waals surface area contributed by atoms with E-state index in [0.717, 1.165) is 5.75 Å². The van der Waals surface area contributed by atoms with Crippen LogP contribution in [-0.2, 0) is 5.75 Å². The molecule has 0 heterocycles. The highest BCUT2D eigenvalue weighted by molar-refractivity contribution is 7.99. The molecule has 2 nitrogen and oxygen atoms in total. The highest BCUT2D eigenvalue weighted by atomic mass is 32.2. The lowest BCUT2D eigenvalue weighted by Gasteiger charge is -2.07. The number of hydrogen-bond acceptors (Lipinski definition) is 3. The lowest BCUT2D eigenvalue weighted by atomic mass is 10.1. The molecule has 2 rings (SSSR count). The molecular formula is C17H18O2S. The number of Topliss-reactive ketones (excluding diaryl/α,β-unsaturated/α-hetero) is 1. The van der Waals surface area contributed by atoms with Crippen molar-refractivity contribution in [2.24, 2.45) is 0 Å². The summed E-state index contributed by atoms with van der Waals surface area (Å²) in [5, 5.41) is 0. The molecule has 20 heavy (non-hydrogen) atoms. The van der Waals surface area contributed by atoms with Gasteiger partial charge >= 0.3 is 0 Å². The Morgan fingerprint density at radius 1 is 1.15 bits per heavy atom. The quantitative estimate of drug-likeness (QED) is 0.747. The maximum absolute atomic E-state index is 12.2. The van der Waals surface area contributed by atoms with Gasteiger partial charge in [-0.2, -0.15) is 0 Å². The minimum atomic E-state index is 0.111. The van der Waals surface area contributed by atoms with Gasteiger partial charge in [0.05, 0.1) is 18.4 Å². The van der Waals surface area contributed by atoms with Crippen molar-refractivity contribution >= 4 is 17.5 Å². The number of benzene rings is 2. The predicted molar refractivity (Wildman–Crippen MR) is 84.7 cm³/mol. The van der Waals surface area contributed by atoms with E-state index in [1.165, 1.54) is 11.1 Å². The van der Waals surface area contributed by atoms with Crippen molar-refractivity contribution in [3.8, 4) is 5.75 Å². The standard InChI is InChI=1S/C17H18O2S/c1-13-6-5-7-14(10-13)11-20-12-16(18)15-8-3-4-9-17(15)19-2/h3-10H,11-12H2,1-2H3. The Hall–Kier alpha value is -1.74. The molecule has 0 amide bonds. The van der Waals surface area contributed by atoms with Gasteiger partial charge in [-0.1, -0.05) is 42.0 Å². The van der Waals surface area contributed by atoms with Gasteiger partial charge in [-0.15, -0.1) is 11.8 Å². The van der Waals surface area contributed by atoms with Crippen LogP contribution in [0, 0.1) is 6.92 Å². The molecule has 0 N–H and O–H groups in total. The second kappa shape index (κ2) is 7.15. The van der Waals surface area contributed by atoms with Gasteiger partial charge in [-0.25, -0.2) is 0 Å². The van der Waals surface area contributed by atoms with Crippen molar-refractivity contribution in [2.75, 3.05) is 12.9 Å². The summed E-state index contributed by atoms with van der Waals surface area (Å²) < 4.78 is 5.22. The van der Waals surface area contributed by atoms with E-state index in [2.05, 4.69) is 25.1 Å². The number of rotatable bonds is 6. The molecule has 0 aliphatic heterocycles. The smallest absolute Gasteiger partial charge is 0.176 e. The molecule has 0 spiro atoms. The van der Waals surface area contributed by atoms with Crippen LogP contribution in [0.25, 0.3) is 0 Å². The van der Waals surface area contributed by atoms with Gasteiger partial charge in [0.1, 0.15) is 5.75 Å². The SMILES string of the molecule is COc1ccccc1C(=O)CSCc1cccc(C)c1. The van der Waals surface area contributed by atoms with E-state index < -0.39 is 0 Å². The molecule has 0 aliphatic carbocycles. The van der Waals surface area contributed by atoms with Crippen LogP contribution in [0.5, 0.6) is 5.75 Å². The number of ether oxygens (including phenoxy) is 1. The monoisotopic (exact) mass is 286 g/mol. The summed E-state index contributed by atoms with van der Waals surface area (Å²) in [4.78, 5) is 12.2. The molecular weight excluding hydrogens is 268 g/mol. The Kier molecular flexibility index (Phi) is 5.24. The predicted octanol–water partition coefficient (Wildman–Crippen LogP) is 4.12. The van der Waals surface area contributed by atoms with Crippen molar-refractivity contribution in [1.29, 1.82) is 0 Å². The van der Waals surface area contributed by atoms with Crippen LogP contribution in [0.1, 0.15) is 21.5 Å². The zero-order chi connectivity index (χ0) is 14.4. The number of thioether (sulfide) groups is 1. The normalized spacial score (nSPS) is 10.3. The molecule has 0 unspecified atom stereocenters. The van der Waals surface area contributed by atoms with Crippen LogP contribution in [0.3, 0.4) is 0 Å². The fraction of sp³-hybridized carbons (Fsp3) is 0.235. The Balaban J connectivity index is 1.92. The van der Waals surface area contributed by atoms with Gasteiger partial charge in [-0.05, 0) is 24.6 Å². The van der Waals surface area contributed by atoms with Gasteiger partial charge in [-0.3, -0.25) is 4.79 Å². The van der Waals surface area contributed by atoms with Crippen LogP contribution in [0.15, 0.2) is 48.5 Å². The molecule has 0 atom stereocenters. The van der Waals surface area contributed by atoms with Gasteiger partial charge in [0, 0.05) is 5.75 Å². The first-order valence-electron chi connectivity index (χ1n) is 6.50. The summed E-state index contributed by atoms with van der Waals surface area (Å²) >= 11 is 1.63. The first-order valence-corrected chi connectivity index (χ1v) is 7.65. The van der Waals surface area contributed by atoms with Crippen molar-refractivity contribution in [2.45, 2.75) is 12.7 Å². The van der Waals surface area contributed by atoms with Gasteiger partial charge in [0.15, 0.2) is 5.78 Å². The Labute approximate surface area is 124 Å². The highest BCUT2D eigenvalue weighted by Crippen LogP contribution is 2.21. The number of para-hydroxylation sites is 1. The van der Waals surface area contributed by atoms with Crippen LogP contribution in [0.2, 0.25) is 0 Å². The molecule has 104 valence electrons. The second-order valence-corrected chi connectivity index (χ2v) is 5.59. The number of carbonyl (C=O) groups excluding carboxylic acids is 1. The third kappa shape index (κ3) is 3.87. The number of hydrogen-bond donors (Lipinski definition) is 0. The number of ketones is 1. The summed E-state index contributed by atoms with van der Waals surface area (Å²) in [6.45, 7) is 2.08. The fourth-order valence-corrected chi connectivity index (χ4v) is 2.87. The van der Waals surface area contributed by atoms with Gasteiger partial charge in [0.2, 0.25) is 0 Å². The molecule has 2 aromatic rings. The molecule has 0 fully saturated rings. The molecule has 0 bridgehead atoms. The molecule has 0 saturated carbocycles. The van der Waals surface area contributed by atoms with E-state index in [4.69, 9.17) is 4.74 Å². The maximum atomic E-state index is 12.2. The first-order chi connectivity index (χ1) is 9.70. The van der Waals surface area contributed by atoms with Crippen LogP contribution < -0.4 is 4.74 Å². The van der Waals surface area contributed by atoms with E-state index >= 15 is 0 Å². The van der Waals surface area contributed by atoms with Gasteiger partial charge in [0.25, 0.3) is 0 Å². The Bertz CT molecular complexity index is 593. The molecule has 0 saturated heterocycles. The Morgan fingerprint density at radius 2 is 1.95 bits per heavy atom. The molecule has 0 radical (unpaired) electrons. The van der Waals surface area contributed by atoms with Crippen molar-refractivity contribution in [1.82, 2.24) is 0 Å². The molecule has 0 aliphatic rings. The number of methoxy groups -OCH3 is 1. The van der Waals surface area contributed by atoms with Crippen LogP contribution in [0.4, 0.5) is 0 Å². The Morgan fingerprint density at radius 3 is 2.70 bits per heavy atom. The van der Waals surface area contributed by atoms with E-state index in [1.54, 1.807) is 18.9 Å². The molecule has 3 heteroatoms. The summed E-state index contributed by atoms with van der Waals surface area (Å²) in [5.41, 5.74) is 3.16. The van der Waals surface area contributed by atoms with Crippen molar-refractivity contribution < 1.29 is 9.53 Å². The average Bonchev–Trinajstić information content (AvgIpc) is 2.47. The fourth-order valence-electron chi connectivity index (χ4n) is 2.02. The minimum absolute atomic E-state index is 0.111. The van der Waals surface area contributed by atoms with Crippen LogP contribution >= 0.6 is 11.8 Å². The zero-order valence-corrected chi connectivity index (χ0v) is 12.6. The largest absolute Gasteiger partial charge is 0.496 e. The average molecular weight is 286 g/mol. The van der Waals surface area contributed by atoms with E-state index in [1.807, 2.05) is 30.3 Å². The van der Waals surface area contributed by atoms with Crippen molar-refractivity contribution in [3.05, 3.63) is 65.2 Å². The topological polar surface area (TPSA) is 26.3 Å². The summed E-state index contributed by atoms with van der Waals surface area (Å²) in [5.74, 6) is 2.07. The van der Waals surface area contributed by atoms with Crippen molar-refractivity contribution in [3.63, 3.8) is 0 Å². The molecule has 0 aromatic heterocycles. The molecule has 2 aromatic carbocycles. The first kappa shape index (κ1) is 14.7. The summed E-state index contributed by atoms with van der Waals surface area (Å²) in [7, 11) is 1.59. The number of carbonyl (C=O) groups is 1. The summed E-state index contributed by atoms with van der Waals surface area (Å²) in [6, 6.07) is 15.7. The third-order valence-electron chi connectivity index (χ3n) is 2.99. The summed E-state index contributed by atoms with van der Waals surface area (Å²) in [6.07, 6.45) is 0. The maximum Gasteiger partial charge on any atom is 0.176 e. The van der Waals surface area contributed by atoms with E-state index in [9.17, 15) is 4.79 Å². The second-order valence-electron chi connectivity index (χ2n) is 4.61. The van der Waals surface area contributed by atoms with Crippen LogP contribution in [-0.4, -0.2) is 18.6 Å². The van der Waals surface area contributed by atoms with Gasteiger partial charge < -0.3 is 4.74 Å². The zero-order valence-electron chi connectivity index (χ0n) is 11.8. The third-order valence-corrected chi connectivity index (χ3v) is 4.00. The lowest BCUT2D eigenvalue weighted by molar-refractivity contribution is 0.101. The van der Waals surface area contributed by atoms with E-state index in [-0.39, 0.29) is 5.78 Å². The number of aryl methyl sites for hydroxylation is 1. The van der Waals surface area contributed by atoms with E-state index in [0.29, 0.717) is 17.1 Å². The highest BCUT2D eigenvalue weighted by Gasteiger charge is 2.11. The minimum Gasteiger partial charge on any atom is -0.496 e. The lowest BCUT2D eigenvalue weighted by Crippen LogP contribution is -2.05.